The fraction of sp³-hybridized carbons (Fsp3) is 0.444. The summed E-state index contributed by atoms with van der Waals surface area (Å²) in [5.41, 5.74) is 4.42. The molecule has 7 nitrogen and oxygen atoms in total. The van der Waals surface area contributed by atoms with E-state index in [2.05, 4.69) is 34.9 Å². The number of nitrogens with one attached hydrogen (secondary N) is 2. The van der Waals surface area contributed by atoms with Gasteiger partial charge < -0.3 is 20.5 Å². The number of fused-ring (bicyclic) bond motifs is 3. The number of amides is 2. The molecule has 0 radical (unpaired) electrons. The molecule has 3 aliphatic carbocycles. The quantitative estimate of drug-likeness (QED) is 0.524. The fourth-order valence-corrected chi connectivity index (χ4v) is 5.48. The van der Waals surface area contributed by atoms with Crippen molar-refractivity contribution in [2.75, 3.05) is 19.7 Å². The summed E-state index contributed by atoms with van der Waals surface area (Å²) in [6, 6.07) is 16.4. The summed E-state index contributed by atoms with van der Waals surface area (Å²) in [5, 5.41) is 14.9. The molecule has 0 aliphatic heterocycles. The highest BCUT2D eigenvalue weighted by Gasteiger charge is 2.45. The van der Waals surface area contributed by atoms with E-state index < -0.39 is 12.1 Å². The van der Waals surface area contributed by atoms with Gasteiger partial charge in [-0.25, -0.2) is 4.79 Å². The fourth-order valence-electron chi connectivity index (χ4n) is 5.48. The lowest BCUT2D eigenvalue weighted by Crippen LogP contribution is -2.44. The standard InChI is InChI=1S/C27H30N2O5/c30-24(31)13-27(10-5-11-27)16-29-25(32)22-12-17(22)14-28-26(33)34-15-23-20-8-3-1-6-18(20)19-7-2-4-9-21(19)23/h1-4,6-9,17,22-23H,5,10-16H2,(H,28,33)(H,29,32)(H,30,31)/t17-,22-/m0/s1. The molecule has 2 saturated carbocycles. The van der Waals surface area contributed by atoms with Crippen LogP contribution in [0.4, 0.5) is 4.79 Å². The highest BCUT2D eigenvalue weighted by Crippen LogP contribution is 2.45. The van der Waals surface area contributed by atoms with Gasteiger partial charge in [0.05, 0.1) is 6.42 Å². The van der Waals surface area contributed by atoms with Crippen LogP contribution in [0.25, 0.3) is 11.1 Å². The van der Waals surface area contributed by atoms with Gasteiger partial charge in [-0.1, -0.05) is 55.0 Å². The van der Waals surface area contributed by atoms with Gasteiger partial charge in [0.1, 0.15) is 6.61 Å². The Bertz CT molecular complexity index is 1060. The van der Waals surface area contributed by atoms with E-state index >= 15 is 0 Å². The molecule has 3 aliphatic rings. The number of hydrogen-bond acceptors (Lipinski definition) is 4. The molecule has 7 heteroatoms. The summed E-state index contributed by atoms with van der Waals surface area (Å²) in [7, 11) is 0. The molecule has 34 heavy (non-hydrogen) atoms. The Morgan fingerprint density at radius 1 is 0.971 bits per heavy atom. The third-order valence-corrected chi connectivity index (χ3v) is 7.69. The van der Waals surface area contributed by atoms with Crippen LogP contribution in [0.3, 0.4) is 0 Å². The van der Waals surface area contributed by atoms with Gasteiger partial charge in [0.2, 0.25) is 5.91 Å². The van der Waals surface area contributed by atoms with Crippen molar-refractivity contribution in [3.05, 3.63) is 59.7 Å². The van der Waals surface area contributed by atoms with Crippen molar-refractivity contribution >= 4 is 18.0 Å². The van der Waals surface area contributed by atoms with Gasteiger partial charge in [-0.2, -0.15) is 0 Å². The maximum atomic E-state index is 12.5. The van der Waals surface area contributed by atoms with E-state index in [-0.39, 0.29) is 42.1 Å². The second kappa shape index (κ2) is 9.12. The van der Waals surface area contributed by atoms with Gasteiger partial charge in [0.25, 0.3) is 0 Å². The van der Waals surface area contributed by atoms with Crippen molar-refractivity contribution in [2.24, 2.45) is 17.3 Å². The molecule has 2 aromatic rings. The van der Waals surface area contributed by atoms with Crippen molar-refractivity contribution < 1.29 is 24.2 Å². The zero-order valence-corrected chi connectivity index (χ0v) is 19.1. The number of carbonyl (C=O) groups is 3. The van der Waals surface area contributed by atoms with Crippen LogP contribution in [-0.4, -0.2) is 42.8 Å². The Morgan fingerprint density at radius 2 is 1.62 bits per heavy atom. The van der Waals surface area contributed by atoms with Crippen LogP contribution in [0, 0.1) is 17.3 Å². The number of aliphatic carboxylic acids is 1. The largest absolute Gasteiger partial charge is 0.481 e. The van der Waals surface area contributed by atoms with Crippen LogP contribution in [-0.2, 0) is 14.3 Å². The van der Waals surface area contributed by atoms with E-state index in [0.29, 0.717) is 13.1 Å². The molecule has 2 aromatic carbocycles. The van der Waals surface area contributed by atoms with E-state index in [1.165, 1.54) is 22.3 Å². The normalized spacial score (nSPS) is 21.5. The second-order valence-electron chi connectivity index (χ2n) is 9.95. The molecule has 178 valence electrons. The molecular formula is C27H30N2O5. The van der Waals surface area contributed by atoms with E-state index in [4.69, 9.17) is 9.84 Å². The molecule has 0 unspecified atom stereocenters. The van der Waals surface area contributed by atoms with Crippen LogP contribution in [0.5, 0.6) is 0 Å². The van der Waals surface area contributed by atoms with Gasteiger partial charge in [-0.3, -0.25) is 9.59 Å². The van der Waals surface area contributed by atoms with Crippen molar-refractivity contribution in [1.29, 1.82) is 0 Å². The first-order valence-corrected chi connectivity index (χ1v) is 12.0. The molecule has 0 aromatic heterocycles. The average Bonchev–Trinajstić information content (AvgIpc) is 3.53. The van der Waals surface area contributed by atoms with E-state index in [1.807, 2.05) is 24.3 Å². The number of ether oxygens (including phenoxy) is 1. The number of benzene rings is 2. The summed E-state index contributed by atoms with van der Waals surface area (Å²) in [4.78, 5) is 35.9. The molecule has 3 N–H and O–H groups in total. The topological polar surface area (TPSA) is 105 Å². The van der Waals surface area contributed by atoms with E-state index in [1.54, 1.807) is 0 Å². The monoisotopic (exact) mass is 462 g/mol. The van der Waals surface area contributed by atoms with Crippen LogP contribution in [0.1, 0.15) is 49.1 Å². The van der Waals surface area contributed by atoms with Gasteiger partial charge >= 0.3 is 12.1 Å². The minimum absolute atomic E-state index is 0.0160. The maximum absolute atomic E-state index is 12.5. The first-order chi connectivity index (χ1) is 16.5. The number of carboxylic acids is 1. The van der Waals surface area contributed by atoms with Gasteiger partial charge in [-0.05, 0) is 52.8 Å². The number of alkyl carbamates (subject to hydrolysis) is 1. The molecule has 0 heterocycles. The van der Waals surface area contributed by atoms with E-state index in [0.717, 1.165) is 25.7 Å². The first-order valence-electron chi connectivity index (χ1n) is 12.0. The lowest BCUT2D eigenvalue weighted by atomic mass is 9.66. The average molecular weight is 463 g/mol. The third-order valence-electron chi connectivity index (χ3n) is 7.69. The predicted octanol–water partition coefficient (Wildman–Crippen LogP) is 3.92. The van der Waals surface area contributed by atoms with Gasteiger partial charge in [-0.15, -0.1) is 0 Å². The molecular weight excluding hydrogens is 432 g/mol. The molecule has 0 bridgehead atoms. The smallest absolute Gasteiger partial charge is 0.407 e. The number of carboxylic acid groups (broad SMARTS) is 1. The zero-order valence-electron chi connectivity index (χ0n) is 19.1. The van der Waals surface area contributed by atoms with Crippen LogP contribution >= 0.6 is 0 Å². The Morgan fingerprint density at radius 3 is 2.21 bits per heavy atom. The van der Waals surface area contributed by atoms with Crippen LogP contribution in [0.2, 0.25) is 0 Å². The molecule has 2 amide bonds. The van der Waals surface area contributed by atoms with Crippen molar-refractivity contribution in [3.8, 4) is 11.1 Å². The van der Waals surface area contributed by atoms with Crippen molar-refractivity contribution in [3.63, 3.8) is 0 Å². The lowest BCUT2D eigenvalue weighted by Gasteiger charge is -2.40. The Balaban J connectivity index is 1.06. The van der Waals surface area contributed by atoms with Gasteiger partial charge in [0.15, 0.2) is 0 Å². The van der Waals surface area contributed by atoms with Gasteiger partial charge in [0, 0.05) is 24.9 Å². The summed E-state index contributed by atoms with van der Waals surface area (Å²) in [6.45, 7) is 1.08. The highest BCUT2D eigenvalue weighted by atomic mass is 16.5. The molecule has 2 fully saturated rings. The Kier molecular flexibility index (Phi) is 6.02. The Labute approximate surface area is 198 Å². The summed E-state index contributed by atoms with van der Waals surface area (Å²) >= 11 is 0. The molecule has 0 spiro atoms. The first kappa shape index (κ1) is 22.4. The lowest BCUT2D eigenvalue weighted by molar-refractivity contribution is -0.142. The SMILES string of the molecule is O=C(O)CC1(CNC(=O)[C@H]2C[C@H]2CNC(=O)OCC2c3ccccc3-c3ccccc32)CCC1. The highest BCUT2D eigenvalue weighted by molar-refractivity contribution is 5.82. The minimum Gasteiger partial charge on any atom is -0.481 e. The summed E-state index contributed by atoms with van der Waals surface area (Å²) in [6.07, 6.45) is 3.06. The predicted molar refractivity (Wildman–Crippen MR) is 126 cm³/mol. The van der Waals surface area contributed by atoms with E-state index in [9.17, 15) is 14.4 Å². The second-order valence-corrected chi connectivity index (χ2v) is 9.95. The summed E-state index contributed by atoms with van der Waals surface area (Å²) in [5.74, 6) is -0.878. The third kappa shape index (κ3) is 4.52. The maximum Gasteiger partial charge on any atom is 0.407 e. The minimum atomic E-state index is -0.814. The van der Waals surface area contributed by atoms with Crippen LogP contribution in [0.15, 0.2) is 48.5 Å². The summed E-state index contributed by atoms with van der Waals surface area (Å²) < 4.78 is 5.56. The molecule has 5 rings (SSSR count). The van der Waals surface area contributed by atoms with Crippen molar-refractivity contribution in [2.45, 2.75) is 38.0 Å². The Hall–Kier alpha value is -3.35. The van der Waals surface area contributed by atoms with Crippen molar-refractivity contribution in [1.82, 2.24) is 10.6 Å². The zero-order chi connectivity index (χ0) is 23.7. The number of carbonyl (C=O) groups excluding carboxylic acids is 2. The molecule has 0 saturated heterocycles. The number of hydrogen-bond donors (Lipinski definition) is 3. The molecule has 2 atom stereocenters. The van der Waals surface area contributed by atoms with Crippen LogP contribution < -0.4 is 10.6 Å². The number of rotatable bonds is 9.